The molecule has 0 N–H and O–H groups in total. The molecule has 0 aliphatic heterocycles. The molecular weight excluding hydrogens is 830 g/mol. The molecule has 0 heterocycles. The van der Waals surface area contributed by atoms with Crippen LogP contribution in [0.5, 0.6) is 0 Å². The van der Waals surface area contributed by atoms with Crippen LogP contribution in [0, 0.1) is 0 Å². The third-order valence-corrected chi connectivity index (χ3v) is 5.56. The van der Waals surface area contributed by atoms with Crippen molar-refractivity contribution in [2.75, 3.05) is 5.75 Å². The predicted molar refractivity (Wildman–Crippen MR) is 129 cm³/mol. The zero-order valence-electron chi connectivity index (χ0n) is 13.6. The van der Waals surface area contributed by atoms with Gasteiger partial charge >= 0.3 is 63.0 Å². The van der Waals surface area contributed by atoms with Gasteiger partial charge in [0.2, 0.25) is 0 Å². The number of benzene rings is 2. The van der Waals surface area contributed by atoms with Crippen molar-refractivity contribution < 1.29 is 10.0 Å². The molecule has 2 aromatic rings. The Morgan fingerprint density at radius 3 is 1.52 bits per heavy atom. The molecule has 23 heavy (non-hydrogen) atoms. The zero-order valence-corrected chi connectivity index (χ0v) is 26.3. The number of rotatable bonds is 7. The van der Waals surface area contributed by atoms with Gasteiger partial charge in [-0.3, -0.25) is 0 Å². The van der Waals surface area contributed by atoms with Crippen molar-refractivity contribution in [2.24, 2.45) is 0 Å². The number of unbranched alkanes of at least 4 members (excludes halogenated alkanes) is 1. The van der Waals surface area contributed by atoms with Crippen molar-refractivity contribution in [1.82, 2.24) is 0 Å². The van der Waals surface area contributed by atoms with Gasteiger partial charge in [0.15, 0.2) is 0 Å². The Morgan fingerprint density at radius 2 is 1.17 bits per heavy atom. The van der Waals surface area contributed by atoms with E-state index in [9.17, 15) is 0 Å². The number of hydrogen-bond acceptors (Lipinski definition) is 0. The van der Waals surface area contributed by atoms with Gasteiger partial charge in [0.05, 0.1) is 0 Å². The Labute approximate surface area is 179 Å². The molecule has 0 aliphatic carbocycles. The molecule has 0 saturated carbocycles. The van der Waals surface area contributed by atoms with E-state index in [1.165, 1.54) is 41.2 Å². The Morgan fingerprint density at radius 1 is 0.783 bits per heavy atom. The molecule has 0 bridgehead atoms. The first-order valence-electron chi connectivity index (χ1n) is 7.90. The van der Waals surface area contributed by atoms with E-state index in [0.29, 0.717) is 10.9 Å². The predicted octanol–water partition coefficient (Wildman–Crippen LogP) is 7.46. The fourth-order valence-corrected chi connectivity index (χ4v) is 4.58. The van der Waals surface area contributed by atoms with Gasteiger partial charge in [-0.1, -0.05) is 74.0 Å². The van der Waals surface area contributed by atoms with Crippen LogP contribution in [0.1, 0.15) is 30.9 Å². The van der Waals surface area contributed by atoms with E-state index in [0.717, 1.165) is 0 Å². The summed E-state index contributed by atoms with van der Waals surface area (Å²) in [6.07, 6.45) is 2.65. The summed E-state index contributed by atoms with van der Waals surface area (Å²) < 4.78 is 0. The van der Waals surface area contributed by atoms with E-state index in [1.54, 1.807) is 0 Å². The average molecular weight is 853 g/mol. The summed E-state index contributed by atoms with van der Waals surface area (Å²) >= 11 is 7.64. The maximum atomic E-state index is 2.55. The third kappa shape index (κ3) is 12.8. The third-order valence-electron chi connectivity index (χ3n) is 3.21. The van der Waals surface area contributed by atoms with Crippen LogP contribution in [0.2, 0.25) is 0 Å². The van der Waals surface area contributed by atoms with Crippen LogP contribution in [0.3, 0.4) is 0 Å². The molecule has 2 aromatic carbocycles. The summed E-state index contributed by atoms with van der Waals surface area (Å²) in [5.74, 6) is 3.83. The fraction of sp³-hybridized carbons (Fsp3) is 0.333. The molecule has 0 radical (unpaired) electrons. The van der Waals surface area contributed by atoms with Crippen LogP contribution >= 0.6 is 53.0 Å². The standard InChI is InChI=1S/C18H23S.Hg.3HI/c1-2-3-14-19(15-17-10-6-4-7-11-17)16-18-12-8-5-9-13-18;;;;/h4-13H,2-3,14-16H2,1H3;;3*1H/q+1;+2;;;/p-3. The van der Waals surface area contributed by atoms with Crippen molar-refractivity contribution in [1.29, 1.82) is 0 Å². The molecule has 0 atom stereocenters. The van der Waals surface area contributed by atoms with E-state index in [1.807, 2.05) is 0 Å². The van der Waals surface area contributed by atoms with Crippen LogP contribution in [0.15, 0.2) is 60.7 Å². The van der Waals surface area contributed by atoms with E-state index in [2.05, 4.69) is 121 Å². The van der Waals surface area contributed by atoms with Gasteiger partial charge in [0.1, 0.15) is 17.3 Å². The van der Waals surface area contributed by atoms with E-state index >= 15 is 0 Å². The Hall–Kier alpha value is 1.92. The molecule has 0 nitrogen and oxygen atoms in total. The summed E-state index contributed by atoms with van der Waals surface area (Å²) in [6.45, 7) is 2.28. The maximum absolute atomic E-state index is 2.55. The molecular formula is C18H23HgI3S. The fourth-order valence-electron chi connectivity index (χ4n) is 2.16. The van der Waals surface area contributed by atoms with Crippen LogP contribution in [-0.2, 0) is 32.4 Å². The van der Waals surface area contributed by atoms with Gasteiger partial charge in [0.25, 0.3) is 0 Å². The monoisotopic (exact) mass is 854 g/mol. The number of halogens is 3. The topological polar surface area (TPSA) is 0 Å². The van der Waals surface area contributed by atoms with Gasteiger partial charge in [-0.2, -0.15) is 0 Å². The minimum absolute atomic E-state index is 0.474. The molecule has 0 aliphatic rings. The Balaban J connectivity index is 0.000000593. The van der Waals surface area contributed by atoms with Crippen LogP contribution in [-0.4, -0.2) is 5.75 Å². The van der Waals surface area contributed by atoms with Gasteiger partial charge in [-0.25, -0.2) is 0 Å². The van der Waals surface area contributed by atoms with Gasteiger partial charge in [0, 0.05) is 11.1 Å². The first kappa shape index (κ1) is 23.0. The summed E-state index contributed by atoms with van der Waals surface area (Å²) in [4.78, 5) is 0. The van der Waals surface area contributed by atoms with Gasteiger partial charge in [-0.15, -0.1) is 0 Å². The molecule has 0 saturated heterocycles. The van der Waals surface area contributed by atoms with Crippen molar-refractivity contribution in [3.05, 3.63) is 71.8 Å². The summed E-state index contributed by atoms with van der Waals surface area (Å²) in [5.41, 5.74) is 2.97. The second kappa shape index (κ2) is 15.0. The van der Waals surface area contributed by atoms with Crippen molar-refractivity contribution in [3.8, 4) is 0 Å². The molecule has 124 valence electrons. The van der Waals surface area contributed by atoms with E-state index in [-0.39, 0.29) is 0 Å². The Kier molecular flexibility index (Phi) is 15.0. The average Bonchev–Trinajstić information content (AvgIpc) is 2.54. The Bertz CT molecular complexity index is 464. The van der Waals surface area contributed by atoms with Crippen molar-refractivity contribution in [3.63, 3.8) is 0 Å². The van der Waals surface area contributed by atoms with Gasteiger partial charge < -0.3 is 0 Å². The summed E-state index contributed by atoms with van der Waals surface area (Å²) in [5, 5.41) is 0. The first-order valence-corrected chi connectivity index (χ1v) is 56.0. The molecule has 0 aromatic heterocycles. The van der Waals surface area contributed by atoms with E-state index < -0.39 is 10.0 Å². The molecule has 0 amide bonds. The molecule has 0 unspecified atom stereocenters. The van der Waals surface area contributed by atoms with Crippen LogP contribution in [0.25, 0.3) is 0 Å². The number of hydrogen-bond donors (Lipinski definition) is 0. The summed E-state index contributed by atoms with van der Waals surface area (Å²) in [7, 11) is -0.403. The van der Waals surface area contributed by atoms with Crippen LogP contribution < -0.4 is 0 Å². The second-order valence-corrected chi connectivity index (χ2v) is 127. The van der Waals surface area contributed by atoms with Crippen molar-refractivity contribution in [2.45, 2.75) is 31.3 Å². The van der Waals surface area contributed by atoms with Gasteiger partial charge in [-0.05, 0) is 17.3 Å². The normalized spacial score (nSPS) is 10.1. The van der Waals surface area contributed by atoms with Crippen molar-refractivity contribution >= 4 is 63.9 Å². The molecule has 0 fully saturated rings. The first-order chi connectivity index (χ1) is 11.1. The minimum atomic E-state index is -0.877. The summed E-state index contributed by atoms with van der Waals surface area (Å²) in [6, 6.07) is 21.9. The zero-order chi connectivity index (χ0) is 16.9. The molecule has 5 heteroatoms. The van der Waals surface area contributed by atoms with Crippen LogP contribution in [0.4, 0.5) is 0 Å². The second-order valence-electron chi connectivity index (χ2n) is 5.23. The molecule has 2 rings (SSSR count). The quantitative estimate of drug-likeness (QED) is 0.154. The van der Waals surface area contributed by atoms with E-state index in [4.69, 9.17) is 0 Å². The molecule has 0 spiro atoms. The SMILES string of the molecule is CCCC[S+](Cc1ccccc1)Cc1ccccc1.[I][Hg-]([I])[I].